The highest BCUT2D eigenvalue weighted by Crippen LogP contribution is 2.26. The Labute approximate surface area is 127 Å². The number of hydrogen-bond donors (Lipinski definition) is 2. The van der Waals surface area contributed by atoms with Crippen LogP contribution >= 0.6 is 0 Å². The molecule has 0 spiro atoms. The minimum absolute atomic E-state index is 0.200. The van der Waals surface area contributed by atoms with Gasteiger partial charge in [0.1, 0.15) is 12.6 Å². The normalized spacial score (nSPS) is 17.4. The van der Waals surface area contributed by atoms with Gasteiger partial charge < -0.3 is 15.2 Å². The van der Waals surface area contributed by atoms with Gasteiger partial charge in [0, 0.05) is 5.69 Å². The predicted octanol–water partition coefficient (Wildman–Crippen LogP) is 1.17. The van der Waals surface area contributed by atoms with Crippen molar-refractivity contribution >= 4 is 23.7 Å². The number of benzene rings is 1. The molecule has 0 bridgehead atoms. The lowest BCUT2D eigenvalue weighted by Gasteiger charge is -2.24. The lowest BCUT2D eigenvalue weighted by atomic mass is 10.1. The minimum atomic E-state index is -1.11. The van der Waals surface area contributed by atoms with Gasteiger partial charge in [0.25, 0.3) is 0 Å². The summed E-state index contributed by atoms with van der Waals surface area (Å²) in [6.07, 6.45) is 0.280. The molecule has 118 valence electrons. The zero-order chi connectivity index (χ0) is 16.1. The standard InChI is InChI=1S/C15H18N2O5/c1-2-22-15(21)16-11-8-7-10-5-3-4-6-12(10)17(14(11)20)9-13(18)19/h3-6,11H,2,7-9H2,1H3,(H,16,21)(H,18,19). The second-order valence-electron chi connectivity index (χ2n) is 4.90. The van der Waals surface area contributed by atoms with Gasteiger partial charge in [0.2, 0.25) is 5.91 Å². The number of carboxylic acids is 1. The molecule has 0 saturated heterocycles. The SMILES string of the molecule is CCOC(=O)NC1CCc2ccccc2N(CC(=O)O)C1=O. The summed E-state index contributed by atoms with van der Waals surface area (Å²) in [7, 11) is 0. The maximum atomic E-state index is 12.6. The van der Waals surface area contributed by atoms with Crippen LogP contribution in [0.3, 0.4) is 0 Å². The topological polar surface area (TPSA) is 95.9 Å². The number of nitrogens with zero attached hydrogens (tertiary/aromatic N) is 1. The van der Waals surface area contributed by atoms with Gasteiger partial charge in [-0.2, -0.15) is 0 Å². The number of nitrogens with one attached hydrogen (secondary N) is 1. The number of anilines is 1. The summed E-state index contributed by atoms with van der Waals surface area (Å²) in [6.45, 7) is 1.42. The van der Waals surface area contributed by atoms with E-state index in [4.69, 9.17) is 9.84 Å². The highest BCUT2D eigenvalue weighted by atomic mass is 16.5. The van der Waals surface area contributed by atoms with Gasteiger partial charge in [0.15, 0.2) is 0 Å². The third kappa shape index (κ3) is 3.55. The lowest BCUT2D eigenvalue weighted by molar-refractivity contribution is -0.136. The fourth-order valence-electron chi connectivity index (χ4n) is 2.46. The van der Waals surface area contributed by atoms with E-state index in [0.717, 1.165) is 5.56 Å². The van der Waals surface area contributed by atoms with Crippen LogP contribution in [-0.4, -0.2) is 42.3 Å². The van der Waals surface area contributed by atoms with Crippen molar-refractivity contribution in [3.05, 3.63) is 29.8 Å². The number of amides is 2. The van der Waals surface area contributed by atoms with Gasteiger partial charge in [-0.15, -0.1) is 0 Å². The number of hydrogen-bond acceptors (Lipinski definition) is 4. The number of para-hydroxylation sites is 1. The monoisotopic (exact) mass is 306 g/mol. The predicted molar refractivity (Wildman–Crippen MR) is 78.7 cm³/mol. The van der Waals surface area contributed by atoms with Crippen LogP contribution in [0.2, 0.25) is 0 Å². The Hall–Kier alpha value is -2.57. The first-order chi connectivity index (χ1) is 10.5. The van der Waals surface area contributed by atoms with E-state index in [1.807, 2.05) is 12.1 Å². The Balaban J connectivity index is 2.27. The molecule has 1 heterocycles. The van der Waals surface area contributed by atoms with Crippen LogP contribution in [0, 0.1) is 0 Å². The maximum Gasteiger partial charge on any atom is 0.407 e. The molecular weight excluding hydrogens is 288 g/mol. The molecule has 0 aromatic heterocycles. The molecule has 1 atom stereocenters. The minimum Gasteiger partial charge on any atom is -0.480 e. The smallest absolute Gasteiger partial charge is 0.407 e. The molecule has 0 fully saturated rings. The van der Waals surface area contributed by atoms with Gasteiger partial charge >= 0.3 is 12.1 Å². The summed E-state index contributed by atoms with van der Waals surface area (Å²) >= 11 is 0. The highest BCUT2D eigenvalue weighted by Gasteiger charge is 2.32. The van der Waals surface area contributed by atoms with Gasteiger partial charge in [-0.1, -0.05) is 18.2 Å². The van der Waals surface area contributed by atoms with Crippen LogP contribution < -0.4 is 10.2 Å². The molecule has 0 saturated carbocycles. The first-order valence-corrected chi connectivity index (χ1v) is 7.07. The van der Waals surface area contributed by atoms with Crippen LogP contribution in [0.25, 0.3) is 0 Å². The van der Waals surface area contributed by atoms with Crippen LogP contribution in [0.1, 0.15) is 18.9 Å². The fraction of sp³-hybridized carbons (Fsp3) is 0.400. The summed E-state index contributed by atoms with van der Waals surface area (Å²) in [5.74, 6) is -1.56. The largest absolute Gasteiger partial charge is 0.480 e. The van der Waals surface area contributed by atoms with Crippen LogP contribution in [0.15, 0.2) is 24.3 Å². The van der Waals surface area contributed by atoms with Crippen molar-refractivity contribution in [2.45, 2.75) is 25.8 Å². The molecule has 7 nitrogen and oxygen atoms in total. The van der Waals surface area contributed by atoms with Crippen LogP contribution in [-0.2, 0) is 20.7 Å². The molecule has 1 aliphatic heterocycles. The third-order valence-electron chi connectivity index (χ3n) is 3.41. The van der Waals surface area contributed by atoms with E-state index in [-0.39, 0.29) is 6.61 Å². The number of carbonyl (C=O) groups is 3. The summed E-state index contributed by atoms with van der Waals surface area (Å²) in [5, 5.41) is 11.5. The summed E-state index contributed by atoms with van der Waals surface area (Å²) in [6, 6.07) is 6.35. The van der Waals surface area contributed by atoms with Crippen molar-refractivity contribution in [2.24, 2.45) is 0 Å². The first-order valence-electron chi connectivity index (χ1n) is 7.07. The van der Waals surface area contributed by atoms with E-state index in [1.54, 1.807) is 19.1 Å². The fourth-order valence-corrected chi connectivity index (χ4v) is 2.46. The number of fused-ring (bicyclic) bond motifs is 1. The van der Waals surface area contributed by atoms with Crippen LogP contribution in [0.5, 0.6) is 0 Å². The molecular formula is C15H18N2O5. The Morgan fingerprint density at radius 2 is 2.14 bits per heavy atom. The molecule has 1 aromatic rings. The van der Waals surface area contributed by atoms with Gasteiger partial charge in [0.05, 0.1) is 6.61 Å². The third-order valence-corrected chi connectivity index (χ3v) is 3.41. The second-order valence-corrected chi connectivity index (χ2v) is 4.90. The van der Waals surface area contributed by atoms with E-state index < -0.39 is 30.6 Å². The molecule has 2 rings (SSSR count). The number of aliphatic carboxylic acids is 1. The van der Waals surface area contributed by atoms with Gasteiger partial charge in [-0.3, -0.25) is 14.5 Å². The van der Waals surface area contributed by atoms with Gasteiger partial charge in [-0.05, 0) is 31.4 Å². The Morgan fingerprint density at radius 1 is 1.41 bits per heavy atom. The number of ether oxygens (including phenoxy) is 1. The number of aryl methyl sites for hydroxylation is 1. The number of carboxylic acid groups (broad SMARTS) is 1. The van der Waals surface area contributed by atoms with Crippen molar-refractivity contribution in [2.75, 3.05) is 18.1 Å². The number of carbonyl (C=O) groups excluding carboxylic acids is 2. The molecule has 2 amide bonds. The van der Waals surface area contributed by atoms with Crippen molar-refractivity contribution in [3.8, 4) is 0 Å². The Kier molecular flexibility index (Phi) is 4.98. The van der Waals surface area contributed by atoms with E-state index in [2.05, 4.69) is 5.32 Å². The average Bonchev–Trinajstić information content (AvgIpc) is 2.59. The van der Waals surface area contributed by atoms with Crippen molar-refractivity contribution in [1.82, 2.24) is 5.32 Å². The van der Waals surface area contributed by atoms with E-state index in [9.17, 15) is 14.4 Å². The van der Waals surface area contributed by atoms with Gasteiger partial charge in [-0.25, -0.2) is 4.79 Å². The van der Waals surface area contributed by atoms with Crippen molar-refractivity contribution in [1.29, 1.82) is 0 Å². The molecule has 0 radical (unpaired) electrons. The quantitative estimate of drug-likeness (QED) is 0.870. The first kappa shape index (κ1) is 15.8. The zero-order valence-electron chi connectivity index (χ0n) is 12.2. The summed E-state index contributed by atoms with van der Waals surface area (Å²) < 4.78 is 4.79. The number of alkyl carbamates (subject to hydrolysis) is 1. The molecule has 1 aromatic carbocycles. The second kappa shape index (κ2) is 6.93. The van der Waals surface area contributed by atoms with E-state index in [0.29, 0.717) is 18.5 Å². The zero-order valence-corrected chi connectivity index (χ0v) is 12.2. The highest BCUT2D eigenvalue weighted by molar-refractivity contribution is 6.02. The maximum absolute atomic E-state index is 12.6. The van der Waals surface area contributed by atoms with E-state index in [1.165, 1.54) is 4.90 Å². The number of rotatable bonds is 4. The Bertz CT molecular complexity index is 587. The molecule has 7 heteroatoms. The molecule has 1 aliphatic rings. The average molecular weight is 306 g/mol. The van der Waals surface area contributed by atoms with E-state index >= 15 is 0 Å². The Morgan fingerprint density at radius 3 is 2.82 bits per heavy atom. The molecule has 2 N–H and O–H groups in total. The molecule has 22 heavy (non-hydrogen) atoms. The van der Waals surface area contributed by atoms with Crippen LogP contribution in [0.4, 0.5) is 10.5 Å². The molecule has 0 aliphatic carbocycles. The molecule has 1 unspecified atom stereocenters. The van der Waals surface area contributed by atoms with Crippen molar-refractivity contribution in [3.63, 3.8) is 0 Å². The summed E-state index contributed by atoms with van der Waals surface area (Å²) in [5.41, 5.74) is 1.45. The lowest BCUT2D eigenvalue weighted by Crippen LogP contribution is -2.49. The summed E-state index contributed by atoms with van der Waals surface area (Å²) in [4.78, 5) is 36.4. The van der Waals surface area contributed by atoms with Crippen molar-refractivity contribution < 1.29 is 24.2 Å².